The van der Waals surface area contributed by atoms with Crippen molar-refractivity contribution in [2.45, 2.75) is 33.6 Å². The third kappa shape index (κ3) is 5.19. The van der Waals surface area contributed by atoms with Gasteiger partial charge in [-0.25, -0.2) is 4.79 Å². The van der Waals surface area contributed by atoms with E-state index in [0.717, 1.165) is 30.5 Å². The Morgan fingerprint density at radius 1 is 1.28 bits per heavy atom. The summed E-state index contributed by atoms with van der Waals surface area (Å²) in [7, 11) is 0. The summed E-state index contributed by atoms with van der Waals surface area (Å²) in [6.45, 7) is 8.11. The number of hydrogen-bond acceptors (Lipinski definition) is 4. The van der Waals surface area contributed by atoms with E-state index in [-0.39, 0.29) is 12.5 Å². The van der Waals surface area contributed by atoms with E-state index in [1.165, 1.54) is 0 Å². The third-order valence-electron chi connectivity index (χ3n) is 4.41. The van der Waals surface area contributed by atoms with Crippen molar-refractivity contribution < 1.29 is 24.2 Å². The molecule has 0 radical (unpaired) electrons. The van der Waals surface area contributed by atoms with Crippen LogP contribution in [-0.2, 0) is 9.53 Å². The molecule has 25 heavy (non-hydrogen) atoms. The van der Waals surface area contributed by atoms with Crippen LogP contribution in [0.5, 0.6) is 5.75 Å². The fraction of sp³-hybridized carbons (Fsp3) is 0.579. The maximum absolute atomic E-state index is 12.9. The minimum Gasteiger partial charge on any atom is -0.481 e. The number of amides is 1. The van der Waals surface area contributed by atoms with Gasteiger partial charge in [0.25, 0.3) is 5.91 Å². The molecular weight excluding hydrogens is 322 g/mol. The summed E-state index contributed by atoms with van der Waals surface area (Å²) in [6, 6.07) is 3.55. The lowest BCUT2D eigenvalue weighted by atomic mass is 9.97. The Labute approximate surface area is 148 Å². The van der Waals surface area contributed by atoms with E-state index in [1.807, 2.05) is 25.7 Å². The molecular formula is C19H27NO5. The van der Waals surface area contributed by atoms with E-state index in [2.05, 4.69) is 0 Å². The van der Waals surface area contributed by atoms with Crippen molar-refractivity contribution in [1.82, 2.24) is 4.90 Å². The predicted molar refractivity (Wildman–Crippen MR) is 94.2 cm³/mol. The van der Waals surface area contributed by atoms with Crippen LogP contribution in [0.3, 0.4) is 0 Å². The number of benzene rings is 1. The maximum atomic E-state index is 12.9. The first-order valence-corrected chi connectivity index (χ1v) is 8.75. The van der Waals surface area contributed by atoms with Crippen molar-refractivity contribution in [3.05, 3.63) is 28.8 Å². The second-order valence-electron chi connectivity index (χ2n) is 6.54. The molecule has 1 heterocycles. The number of likely N-dealkylation sites (tertiary alicyclic amines) is 1. The van der Waals surface area contributed by atoms with E-state index in [1.54, 1.807) is 12.1 Å². The van der Waals surface area contributed by atoms with E-state index in [4.69, 9.17) is 14.6 Å². The number of carbonyl (C=O) groups is 2. The molecule has 1 aromatic carbocycles. The quantitative estimate of drug-likeness (QED) is 0.819. The molecule has 0 aliphatic carbocycles. The molecule has 0 saturated carbocycles. The fourth-order valence-corrected chi connectivity index (χ4v) is 3.29. The zero-order valence-corrected chi connectivity index (χ0v) is 15.2. The van der Waals surface area contributed by atoms with Crippen molar-refractivity contribution in [1.29, 1.82) is 0 Å². The second-order valence-corrected chi connectivity index (χ2v) is 6.54. The summed E-state index contributed by atoms with van der Waals surface area (Å²) < 4.78 is 10.8. The first-order chi connectivity index (χ1) is 11.9. The number of nitrogens with zero attached hydrogens (tertiary/aromatic N) is 1. The van der Waals surface area contributed by atoms with Crippen LogP contribution in [0.25, 0.3) is 0 Å². The van der Waals surface area contributed by atoms with Gasteiger partial charge in [-0.1, -0.05) is 0 Å². The average Bonchev–Trinajstić information content (AvgIpc) is 2.58. The maximum Gasteiger partial charge on any atom is 0.341 e. The number of rotatable bonds is 7. The van der Waals surface area contributed by atoms with Gasteiger partial charge in [-0.15, -0.1) is 0 Å². The van der Waals surface area contributed by atoms with Crippen LogP contribution in [-0.4, -0.2) is 54.8 Å². The van der Waals surface area contributed by atoms with Gasteiger partial charge >= 0.3 is 5.97 Å². The summed E-state index contributed by atoms with van der Waals surface area (Å²) in [5.41, 5.74) is 2.16. The lowest BCUT2D eigenvalue weighted by molar-refractivity contribution is -0.139. The highest BCUT2D eigenvalue weighted by atomic mass is 16.5. The highest BCUT2D eigenvalue weighted by molar-refractivity contribution is 5.95. The van der Waals surface area contributed by atoms with Crippen LogP contribution in [0.2, 0.25) is 0 Å². The normalized spacial score (nSPS) is 17.4. The molecule has 2 rings (SSSR count). The van der Waals surface area contributed by atoms with Gasteiger partial charge in [0.05, 0.1) is 6.61 Å². The molecule has 138 valence electrons. The monoisotopic (exact) mass is 349 g/mol. The van der Waals surface area contributed by atoms with E-state index < -0.39 is 5.97 Å². The Balaban J connectivity index is 2.09. The van der Waals surface area contributed by atoms with E-state index >= 15 is 0 Å². The van der Waals surface area contributed by atoms with Crippen molar-refractivity contribution >= 4 is 11.9 Å². The van der Waals surface area contributed by atoms with Gasteiger partial charge in [-0.2, -0.15) is 0 Å². The lowest BCUT2D eigenvalue weighted by Crippen LogP contribution is -2.41. The van der Waals surface area contributed by atoms with E-state index in [0.29, 0.717) is 37.0 Å². The molecule has 1 amide bonds. The highest BCUT2D eigenvalue weighted by Crippen LogP contribution is 2.26. The predicted octanol–water partition coefficient (Wildman–Crippen LogP) is 2.66. The first-order valence-electron chi connectivity index (χ1n) is 8.75. The van der Waals surface area contributed by atoms with Crippen molar-refractivity contribution in [3.8, 4) is 5.75 Å². The Bertz CT molecular complexity index is 605. The molecule has 0 spiro atoms. The second kappa shape index (κ2) is 8.85. The van der Waals surface area contributed by atoms with Gasteiger partial charge in [-0.3, -0.25) is 4.79 Å². The van der Waals surface area contributed by atoms with Crippen LogP contribution in [0.4, 0.5) is 0 Å². The standard InChI is InChI=1S/C19H27NO5/c1-4-24-11-15-6-5-7-20(10-15)19(23)16-8-13(2)18(14(3)9-16)25-12-17(21)22/h8-9,15H,4-7,10-12H2,1-3H3,(H,21,22). The summed E-state index contributed by atoms with van der Waals surface area (Å²) in [6.07, 6.45) is 2.07. The Morgan fingerprint density at radius 2 is 1.96 bits per heavy atom. The number of hydrogen-bond donors (Lipinski definition) is 1. The number of piperidine rings is 1. The van der Waals surface area contributed by atoms with Crippen LogP contribution >= 0.6 is 0 Å². The summed E-state index contributed by atoms with van der Waals surface area (Å²) in [4.78, 5) is 25.4. The molecule has 1 aliphatic rings. The number of aliphatic carboxylic acids is 1. The lowest BCUT2D eigenvalue weighted by Gasteiger charge is -2.33. The topological polar surface area (TPSA) is 76.1 Å². The minimum atomic E-state index is -1.02. The molecule has 0 aromatic heterocycles. The van der Waals surface area contributed by atoms with Gasteiger partial charge < -0.3 is 19.5 Å². The molecule has 6 heteroatoms. The number of carbonyl (C=O) groups excluding carboxylic acids is 1. The van der Waals surface area contributed by atoms with Crippen molar-refractivity contribution in [3.63, 3.8) is 0 Å². The number of aryl methyl sites for hydroxylation is 2. The van der Waals surface area contributed by atoms with Gasteiger partial charge in [-0.05, 0) is 62.8 Å². The van der Waals surface area contributed by atoms with Gasteiger partial charge in [0.1, 0.15) is 5.75 Å². The Hall–Kier alpha value is -2.08. The third-order valence-corrected chi connectivity index (χ3v) is 4.41. The highest BCUT2D eigenvalue weighted by Gasteiger charge is 2.25. The summed E-state index contributed by atoms with van der Waals surface area (Å²) in [5.74, 6) is -0.0883. The van der Waals surface area contributed by atoms with Crippen molar-refractivity contribution in [2.75, 3.05) is 32.9 Å². The SMILES string of the molecule is CCOCC1CCCN(C(=O)c2cc(C)c(OCC(=O)O)c(C)c2)C1. The zero-order chi connectivity index (χ0) is 18.4. The molecule has 6 nitrogen and oxygen atoms in total. The Kier molecular flexibility index (Phi) is 6.82. The zero-order valence-electron chi connectivity index (χ0n) is 15.2. The van der Waals surface area contributed by atoms with Crippen molar-refractivity contribution in [2.24, 2.45) is 5.92 Å². The van der Waals surface area contributed by atoms with E-state index in [9.17, 15) is 9.59 Å². The van der Waals surface area contributed by atoms with Crippen LogP contribution in [0, 0.1) is 19.8 Å². The van der Waals surface area contributed by atoms with Gasteiger partial charge in [0.15, 0.2) is 6.61 Å². The van der Waals surface area contributed by atoms with Gasteiger partial charge in [0, 0.05) is 25.3 Å². The summed E-state index contributed by atoms with van der Waals surface area (Å²) >= 11 is 0. The molecule has 0 bridgehead atoms. The van der Waals surface area contributed by atoms with Crippen LogP contribution in [0.1, 0.15) is 41.3 Å². The molecule has 1 saturated heterocycles. The van der Waals surface area contributed by atoms with Gasteiger partial charge in [0.2, 0.25) is 0 Å². The summed E-state index contributed by atoms with van der Waals surface area (Å²) in [5, 5.41) is 8.76. The molecule has 1 unspecified atom stereocenters. The fourth-order valence-electron chi connectivity index (χ4n) is 3.29. The molecule has 1 N–H and O–H groups in total. The smallest absolute Gasteiger partial charge is 0.341 e. The molecule has 1 aliphatic heterocycles. The Morgan fingerprint density at radius 3 is 2.56 bits per heavy atom. The van der Waals surface area contributed by atoms with Crippen LogP contribution in [0.15, 0.2) is 12.1 Å². The van der Waals surface area contributed by atoms with Crippen LogP contribution < -0.4 is 4.74 Å². The largest absolute Gasteiger partial charge is 0.481 e. The first kappa shape index (κ1) is 19.2. The number of carboxylic acid groups (broad SMARTS) is 1. The average molecular weight is 349 g/mol. The minimum absolute atomic E-state index is 0.0113. The molecule has 1 atom stereocenters. The molecule has 1 aromatic rings. The number of ether oxygens (including phenoxy) is 2. The number of carboxylic acids is 1. The molecule has 1 fully saturated rings.